The molecule has 0 fully saturated rings. The Balaban J connectivity index is 7.11. The summed E-state index contributed by atoms with van der Waals surface area (Å²) in [7, 11) is -6.66. The molecule has 0 aromatic rings. The van der Waals surface area contributed by atoms with Gasteiger partial charge in [0.05, 0.1) is 0 Å². The van der Waals surface area contributed by atoms with E-state index >= 15 is 0 Å². The summed E-state index contributed by atoms with van der Waals surface area (Å²) in [6, 6.07) is 0. The van der Waals surface area contributed by atoms with Crippen LogP contribution in [0.1, 0.15) is 0 Å². The maximum atomic E-state index is 13.4. The molecule has 1 N–H and O–H groups in total. The zero-order valence-electron chi connectivity index (χ0n) is 15.3. The first-order valence-electron chi connectivity index (χ1n) is 7.38. The van der Waals surface area contributed by atoms with Gasteiger partial charge in [-0.1, -0.05) is 0 Å². The summed E-state index contributed by atoms with van der Waals surface area (Å²) in [5.74, 6) is -83.2. The average Bonchev–Trinajstić information content (AvgIpc) is 2.57. The summed E-state index contributed by atoms with van der Waals surface area (Å²) < 4.78 is 301. The Labute approximate surface area is 181 Å². The van der Waals surface area contributed by atoms with Gasteiger partial charge in [-0.3, -0.25) is 4.55 Å². The van der Waals surface area contributed by atoms with Crippen LogP contribution in [-0.4, -0.2) is 78.2 Å². The first kappa shape index (κ1) is 34.4. The largest absolute Gasteiger partial charge is 0.460 e. The van der Waals surface area contributed by atoms with Gasteiger partial charge in [-0.2, -0.15) is 101 Å². The Kier molecular flexibility index (Phi) is 7.86. The third kappa shape index (κ3) is 4.39. The first-order chi connectivity index (χ1) is 15.0. The van der Waals surface area contributed by atoms with Gasteiger partial charge in [0, 0.05) is 0 Å². The second-order valence-electron chi connectivity index (χ2n) is 6.52. The molecule has 25 heteroatoms. The molecule has 0 unspecified atom stereocenters. The molecule has 0 spiro atoms. The summed E-state index contributed by atoms with van der Waals surface area (Å²) in [5.41, 5.74) is 0. The summed E-state index contributed by atoms with van der Waals surface area (Å²) in [6.45, 7) is 0. The quantitative estimate of drug-likeness (QED) is 0.237. The van der Waals surface area contributed by atoms with E-state index in [0.29, 0.717) is 0 Å². The van der Waals surface area contributed by atoms with Gasteiger partial charge in [0.2, 0.25) is 0 Å². The van der Waals surface area contributed by atoms with Crippen LogP contribution in [0.5, 0.6) is 0 Å². The Morgan fingerprint density at radius 1 is 0.389 bits per heavy atom. The van der Waals surface area contributed by atoms with Gasteiger partial charge in [0.25, 0.3) is 10.1 Å². The molecule has 0 aliphatic carbocycles. The highest BCUT2D eigenvalue weighted by Crippen LogP contribution is 2.66. The summed E-state index contributed by atoms with van der Waals surface area (Å²) in [5, 5.41) is 0. The fourth-order valence-corrected chi connectivity index (χ4v) is 2.55. The lowest BCUT2D eigenvalue weighted by atomic mass is 9.86. The van der Waals surface area contributed by atoms with Gasteiger partial charge in [-0.05, 0) is 0 Å². The standard InChI is InChI=1S/C11H3F21O3S/c12-2(13,1-36(33,34)35)3(14,15)4(16,17)5(18,19)6(20,21)7(22,23)8(24,25)9(26,27)10(28,29)11(30,31)32/h1H2,(H,33,34,35). The van der Waals surface area contributed by atoms with Crippen LogP contribution in [0, 0.1) is 0 Å². The van der Waals surface area contributed by atoms with Crippen LogP contribution in [0.4, 0.5) is 92.2 Å². The molecule has 36 heavy (non-hydrogen) atoms. The second-order valence-corrected chi connectivity index (χ2v) is 7.98. The maximum absolute atomic E-state index is 13.4. The Hall–Kier alpha value is -1.56. The number of hydrogen-bond donors (Lipinski definition) is 1. The molecule has 218 valence electrons. The summed E-state index contributed by atoms with van der Waals surface area (Å²) in [6.07, 6.45) is -8.07. The van der Waals surface area contributed by atoms with Crippen LogP contribution in [0.25, 0.3) is 0 Å². The average molecular weight is 614 g/mol. The number of alkyl halides is 21. The predicted molar refractivity (Wildman–Crippen MR) is 67.0 cm³/mol. The van der Waals surface area contributed by atoms with Gasteiger partial charge in [-0.25, -0.2) is 0 Å². The molecule has 0 aromatic heterocycles. The highest BCUT2D eigenvalue weighted by molar-refractivity contribution is 7.85. The van der Waals surface area contributed by atoms with Crippen LogP contribution < -0.4 is 0 Å². The van der Waals surface area contributed by atoms with E-state index in [1.54, 1.807) is 0 Å². The molecule has 0 saturated carbocycles. The Morgan fingerprint density at radius 3 is 0.778 bits per heavy atom. The summed E-state index contributed by atoms with van der Waals surface area (Å²) >= 11 is 0. The topological polar surface area (TPSA) is 54.4 Å². The van der Waals surface area contributed by atoms with E-state index in [9.17, 15) is 101 Å². The number of rotatable bonds is 10. The van der Waals surface area contributed by atoms with Gasteiger partial charge in [-0.15, -0.1) is 0 Å². The Bertz CT molecular complexity index is 929. The fraction of sp³-hybridized carbons (Fsp3) is 1.00. The van der Waals surface area contributed by atoms with Crippen molar-refractivity contribution in [2.75, 3.05) is 5.75 Å². The Morgan fingerprint density at radius 2 is 0.583 bits per heavy atom. The predicted octanol–water partition coefficient (Wildman–Crippen LogP) is 6.15. The molecule has 0 atom stereocenters. The lowest BCUT2D eigenvalue weighted by Gasteiger charge is -2.44. The SMILES string of the molecule is O=S(=O)(O)CC(F)(F)C(F)(F)C(F)(F)C(F)(F)C(F)(F)C(F)(F)C(F)(F)C(F)(F)C(F)(F)C(F)(F)F. The highest BCUT2D eigenvalue weighted by Gasteiger charge is 2.97. The number of halogens is 21. The normalized spacial score (nSPS) is 16.9. The van der Waals surface area contributed by atoms with Gasteiger partial charge in [0.15, 0.2) is 0 Å². The van der Waals surface area contributed by atoms with Crippen molar-refractivity contribution in [3.63, 3.8) is 0 Å². The van der Waals surface area contributed by atoms with Crippen molar-refractivity contribution in [3.8, 4) is 0 Å². The van der Waals surface area contributed by atoms with E-state index < -0.39 is 75.4 Å². The van der Waals surface area contributed by atoms with Gasteiger partial charge >= 0.3 is 59.5 Å². The van der Waals surface area contributed by atoms with Crippen LogP contribution in [0.15, 0.2) is 0 Å². The third-order valence-corrected chi connectivity index (χ3v) is 4.67. The van der Waals surface area contributed by atoms with E-state index in [0.717, 1.165) is 0 Å². The first-order valence-corrected chi connectivity index (χ1v) is 8.99. The third-order valence-electron chi connectivity index (χ3n) is 3.94. The van der Waals surface area contributed by atoms with Crippen molar-refractivity contribution in [1.29, 1.82) is 0 Å². The van der Waals surface area contributed by atoms with E-state index in [1.807, 2.05) is 0 Å². The molecule has 0 radical (unpaired) electrons. The number of hydrogen-bond acceptors (Lipinski definition) is 2. The van der Waals surface area contributed by atoms with Gasteiger partial charge in [0.1, 0.15) is 5.75 Å². The van der Waals surface area contributed by atoms with Crippen molar-refractivity contribution < 1.29 is 105 Å². The molecule has 0 heterocycles. The van der Waals surface area contributed by atoms with Crippen LogP contribution in [0.2, 0.25) is 0 Å². The zero-order valence-corrected chi connectivity index (χ0v) is 16.1. The fourth-order valence-electron chi connectivity index (χ4n) is 1.91. The lowest BCUT2D eigenvalue weighted by molar-refractivity contribution is -0.473. The van der Waals surface area contributed by atoms with Crippen LogP contribution >= 0.6 is 0 Å². The molecule has 0 amide bonds. The van der Waals surface area contributed by atoms with E-state index in [1.165, 1.54) is 0 Å². The molecule has 3 nitrogen and oxygen atoms in total. The smallest absolute Gasteiger partial charge is 0.285 e. The molecular formula is C11H3F21O3S. The van der Waals surface area contributed by atoms with E-state index in [-0.39, 0.29) is 0 Å². The highest BCUT2D eigenvalue weighted by atomic mass is 32.2. The minimum Gasteiger partial charge on any atom is -0.285 e. The molecule has 0 aromatic carbocycles. The summed E-state index contributed by atoms with van der Waals surface area (Å²) in [4.78, 5) is 0. The van der Waals surface area contributed by atoms with Crippen molar-refractivity contribution in [2.45, 2.75) is 59.5 Å². The van der Waals surface area contributed by atoms with E-state index in [2.05, 4.69) is 0 Å². The molecule has 0 aliphatic heterocycles. The van der Waals surface area contributed by atoms with Crippen molar-refractivity contribution in [2.24, 2.45) is 0 Å². The molecule has 0 bridgehead atoms. The molecule has 0 aliphatic rings. The molecular weight excluding hydrogens is 611 g/mol. The van der Waals surface area contributed by atoms with E-state index in [4.69, 9.17) is 4.55 Å². The monoisotopic (exact) mass is 614 g/mol. The second kappa shape index (κ2) is 8.22. The van der Waals surface area contributed by atoms with Crippen molar-refractivity contribution in [3.05, 3.63) is 0 Å². The van der Waals surface area contributed by atoms with Crippen LogP contribution in [-0.2, 0) is 10.1 Å². The maximum Gasteiger partial charge on any atom is 0.460 e. The van der Waals surface area contributed by atoms with Crippen molar-refractivity contribution >= 4 is 10.1 Å². The minimum absolute atomic E-state index is 4.08. The zero-order chi connectivity index (χ0) is 30.2. The lowest BCUT2D eigenvalue weighted by Crippen LogP contribution is -2.77. The van der Waals surface area contributed by atoms with Crippen LogP contribution in [0.3, 0.4) is 0 Å². The molecule has 0 saturated heterocycles. The van der Waals surface area contributed by atoms with Gasteiger partial charge < -0.3 is 0 Å². The van der Waals surface area contributed by atoms with Crippen molar-refractivity contribution in [1.82, 2.24) is 0 Å². The minimum atomic E-state index is -9.31. The molecule has 0 rings (SSSR count).